The van der Waals surface area contributed by atoms with Crippen LogP contribution in [0.15, 0.2) is 0 Å². The van der Waals surface area contributed by atoms with Crippen LogP contribution in [0, 0.1) is 22.7 Å². The Kier molecular flexibility index (Phi) is 2.90. The summed E-state index contributed by atoms with van der Waals surface area (Å²) in [5.41, 5.74) is 1.20. The van der Waals surface area contributed by atoms with Gasteiger partial charge in [0.2, 0.25) is 0 Å². The zero-order chi connectivity index (χ0) is 11.1. The molecule has 0 saturated heterocycles. The van der Waals surface area contributed by atoms with Crippen molar-refractivity contribution in [3.05, 3.63) is 0 Å². The molecule has 0 spiro atoms. The normalized spacial score (nSPS) is 38.8. The topological polar surface area (TPSA) is 0 Å². The first-order valence-electron chi connectivity index (χ1n) is 6.94. The summed E-state index contributed by atoms with van der Waals surface area (Å²) in [7, 11) is 0. The van der Waals surface area contributed by atoms with Crippen molar-refractivity contribution in [2.45, 2.75) is 72.6 Å². The quantitative estimate of drug-likeness (QED) is 0.567. The minimum atomic E-state index is 0.522. The van der Waals surface area contributed by atoms with E-state index in [2.05, 4.69) is 27.7 Å². The molecule has 0 aromatic rings. The van der Waals surface area contributed by atoms with Gasteiger partial charge in [-0.05, 0) is 48.3 Å². The van der Waals surface area contributed by atoms with E-state index in [9.17, 15) is 0 Å². The Hall–Kier alpha value is 0. The monoisotopic (exact) mass is 208 g/mol. The Morgan fingerprint density at radius 1 is 0.933 bits per heavy atom. The van der Waals surface area contributed by atoms with Crippen molar-refractivity contribution in [3.8, 4) is 0 Å². The second-order valence-corrected chi connectivity index (χ2v) is 7.30. The summed E-state index contributed by atoms with van der Waals surface area (Å²) in [6.07, 6.45) is 10.5. The molecule has 0 heterocycles. The lowest BCUT2D eigenvalue weighted by Crippen LogP contribution is -2.37. The van der Waals surface area contributed by atoms with Gasteiger partial charge in [-0.1, -0.05) is 47.0 Å². The molecule has 0 heteroatoms. The summed E-state index contributed by atoms with van der Waals surface area (Å²) in [6, 6.07) is 0. The largest absolute Gasteiger partial charge is 0.0599 e. The zero-order valence-corrected chi connectivity index (χ0v) is 11.1. The fourth-order valence-corrected chi connectivity index (χ4v) is 4.69. The number of rotatable bonds is 1. The zero-order valence-electron chi connectivity index (χ0n) is 11.1. The van der Waals surface area contributed by atoms with Gasteiger partial charge in [0.25, 0.3) is 0 Å². The fourth-order valence-electron chi connectivity index (χ4n) is 4.69. The molecule has 0 amide bonds. The van der Waals surface area contributed by atoms with Crippen molar-refractivity contribution < 1.29 is 0 Å². The lowest BCUT2D eigenvalue weighted by Gasteiger charge is -2.44. The van der Waals surface area contributed by atoms with E-state index in [4.69, 9.17) is 0 Å². The minimum Gasteiger partial charge on any atom is -0.0599 e. The summed E-state index contributed by atoms with van der Waals surface area (Å²) >= 11 is 0. The molecule has 0 bridgehead atoms. The van der Waals surface area contributed by atoms with Crippen LogP contribution >= 0.6 is 0 Å². The summed E-state index contributed by atoms with van der Waals surface area (Å²) in [5, 5.41) is 0. The molecule has 2 rings (SSSR count). The Morgan fingerprint density at radius 3 is 2.07 bits per heavy atom. The second kappa shape index (κ2) is 3.79. The molecular formula is C15H28. The van der Waals surface area contributed by atoms with Gasteiger partial charge in [-0.3, -0.25) is 0 Å². The van der Waals surface area contributed by atoms with Crippen LogP contribution < -0.4 is 0 Å². The molecular weight excluding hydrogens is 180 g/mol. The number of hydrogen-bond donors (Lipinski definition) is 0. The van der Waals surface area contributed by atoms with Crippen molar-refractivity contribution in [3.63, 3.8) is 0 Å². The van der Waals surface area contributed by atoms with Crippen LogP contribution in [0.25, 0.3) is 0 Å². The molecule has 0 N–H and O–H groups in total. The Morgan fingerprint density at radius 2 is 1.53 bits per heavy atom. The molecule has 0 aromatic carbocycles. The molecule has 2 unspecified atom stereocenters. The van der Waals surface area contributed by atoms with Gasteiger partial charge in [0.05, 0.1) is 0 Å². The summed E-state index contributed by atoms with van der Waals surface area (Å²) in [5.74, 6) is 2.01. The van der Waals surface area contributed by atoms with Gasteiger partial charge in [-0.25, -0.2) is 0 Å². The van der Waals surface area contributed by atoms with Crippen molar-refractivity contribution in [2.75, 3.05) is 0 Å². The van der Waals surface area contributed by atoms with E-state index in [0.29, 0.717) is 10.8 Å². The average Bonchev–Trinajstić information content (AvgIpc) is 2.69. The molecule has 0 aliphatic heterocycles. The van der Waals surface area contributed by atoms with E-state index in [-0.39, 0.29) is 0 Å². The highest BCUT2D eigenvalue weighted by atomic mass is 14.5. The maximum atomic E-state index is 2.60. The third kappa shape index (κ3) is 1.97. The molecule has 2 aliphatic carbocycles. The van der Waals surface area contributed by atoms with E-state index >= 15 is 0 Å². The van der Waals surface area contributed by atoms with Crippen LogP contribution in [-0.2, 0) is 0 Å². The molecule has 88 valence electrons. The average molecular weight is 208 g/mol. The maximum absolute atomic E-state index is 2.60. The van der Waals surface area contributed by atoms with Crippen LogP contribution in [0.3, 0.4) is 0 Å². The van der Waals surface area contributed by atoms with E-state index in [1.165, 1.54) is 44.9 Å². The molecule has 2 atom stereocenters. The third-order valence-electron chi connectivity index (χ3n) is 5.34. The third-order valence-corrected chi connectivity index (χ3v) is 5.34. The van der Waals surface area contributed by atoms with Gasteiger partial charge in [0.15, 0.2) is 0 Å². The van der Waals surface area contributed by atoms with E-state index < -0.39 is 0 Å². The van der Waals surface area contributed by atoms with Crippen LogP contribution in [-0.4, -0.2) is 0 Å². The molecule has 0 nitrogen and oxygen atoms in total. The predicted octanol–water partition coefficient (Wildman–Crippen LogP) is 5.03. The summed E-state index contributed by atoms with van der Waals surface area (Å²) < 4.78 is 0. The lowest BCUT2D eigenvalue weighted by molar-refractivity contribution is 0.0470. The molecule has 2 fully saturated rings. The molecule has 0 radical (unpaired) electrons. The Balaban J connectivity index is 2.17. The molecule has 2 aliphatic rings. The van der Waals surface area contributed by atoms with Gasteiger partial charge in [-0.15, -0.1) is 0 Å². The van der Waals surface area contributed by atoms with Gasteiger partial charge in [0.1, 0.15) is 0 Å². The first-order valence-corrected chi connectivity index (χ1v) is 6.94. The molecule has 0 aromatic heterocycles. The van der Waals surface area contributed by atoms with Crippen LogP contribution in [0.5, 0.6) is 0 Å². The molecule has 15 heavy (non-hydrogen) atoms. The standard InChI is InChI=1S/C15H28/c1-14(2,3)13-10-7-11-15(13,4)12-8-5-6-9-12/h12-13H,5-11H2,1-4H3. The van der Waals surface area contributed by atoms with Crippen molar-refractivity contribution in [2.24, 2.45) is 22.7 Å². The Bertz CT molecular complexity index is 217. The Labute approximate surface area is 95.8 Å². The van der Waals surface area contributed by atoms with Crippen molar-refractivity contribution in [1.29, 1.82) is 0 Å². The van der Waals surface area contributed by atoms with Gasteiger partial charge >= 0.3 is 0 Å². The maximum Gasteiger partial charge on any atom is -0.0264 e. The first kappa shape index (κ1) is 11.5. The highest BCUT2D eigenvalue weighted by Crippen LogP contribution is 2.58. The van der Waals surface area contributed by atoms with E-state index in [1.54, 1.807) is 0 Å². The smallest absolute Gasteiger partial charge is 0.0264 e. The number of hydrogen-bond acceptors (Lipinski definition) is 0. The summed E-state index contributed by atoms with van der Waals surface area (Å²) in [4.78, 5) is 0. The van der Waals surface area contributed by atoms with E-state index in [0.717, 1.165) is 11.8 Å². The first-order chi connectivity index (χ1) is 6.94. The van der Waals surface area contributed by atoms with Crippen LogP contribution in [0.2, 0.25) is 0 Å². The highest BCUT2D eigenvalue weighted by Gasteiger charge is 2.49. The van der Waals surface area contributed by atoms with E-state index in [1.807, 2.05) is 0 Å². The van der Waals surface area contributed by atoms with Crippen molar-refractivity contribution >= 4 is 0 Å². The van der Waals surface area contributed by atoms with Gasteiger partial charge < -0.3 is 0 Å². The minimum absolute atomic E-state index is 0.522. The predicted molar refractivity (Wildman–Crippen MR) is 66.9 cm³/mol. The van der Waals surface area contributed by atoms with Crippen molar-refractivity contribution in [1.82, 2.24) is 0 Å². The fraction of sp³-hybridized carbons (Fsp3) is 1.00. The summed E-state index contributed by atoms with van der Waals surface area (Å²) in [6.45, 7) is 9.97. The lowest BCUT2D eigenvalue weighted by atomic mass is 9.61. The SMILES string of the molecule is CC(C)(C)C1CCCC1(C)C1CCCC1. The van der Waals surface area contributed by atoms with Crippen LogP contribution in [0.4, 0.5) is 0 Å². The van der Waals surface area contributed by atoms with Crippen LogP contribution in [0.1, 0.15) is 72.6 Å². The second-order valence-electron chi connectivity index (χ2n) is 7.30. The van der Waals surface area contributed by atoms with Gasteiger partial charge in [-0.2, -0.15) is 0 Å². The highest BCUT2D eigenvalue weighted by molar-refractivity contribution is 4.98. The molecule has 2 saturated carbocycles. The van der Waals surface area contributed by atoms with Gasteiger partial charge in [0, 0.05) is 0 Å².